The Balaban J connectivity index is 1.57. The number of hydrogen-bond acceptors (Lipinski definition) is 5. The van der Waals surface area contributed by atoms with Crippen molar-refractivity contribution >= 4 is 15.9 Å². The van der Waals surface area contributed by atoms with Gasteiger partial charge in [-0.2, -0.15) is 4.31 Å². The van der Waals surface area contributed by atoms with Crippen LogP contribution in [0.4, 0.5) is 0 Å². The lowest BCUT2D eigenvalue weighted by atomic mass is 9.98. The number of furan rings is 1. The van der Waals surface area contributed by atoms with Gasteiger partial charge in [-0.15, -0.1) is 0 Å². The number of piperidine rings is 1. The molecule has 0 bridgehead atoms. The van der Waals surface area contributed by atoms with Gasteiger partial charge in [-0.05, 0) is 48.2 Å². The number of methoxy groups -OCH3 is 1. The highest BCUT2D eigenvalue weighted by Crippen LogP contribution is 2.26. The number of carbonyl (C=O) groups excluding carboxylic acids is 1. The van der Waals surface area contributed by atoms with Gasteiger partial charge in [0.1, 0.15) is 5.75 Å². The first-order valence-electron chi connectivity index (χ1n) is 10.6. The molecule has 7 nitrogen and oxygen atoms in total. The summed E-state index contributed by atoms with van der Waals surface area (Å²) in [6.07, 6.45) is 2.67. The number of rotatable bonds is 7. The molecule has 1 fully saturated rings. The van der Waals surface area contributed by atoms with Crippen molar-refractivity contribution in [1.29, 1.82) is 0 Å². The molecule has 32 heavy (non-hydrogen) atoms. The van der Waals surface area contributed by atoms with E-state index in [0.29, 0.717) is 18.8 Å². The summed E-state index contributed by atoms with van der Waals surface area (Å²) >= 11 is 0. The van der Waals surface area contributed by atoms with Crippen molar-refractivity contribution in [3.05, 3.63) is 83.6 Å². The minimum absolute atomic E-state index is 0.0463. The fraction of sp³-hybridized carbons (Fsp3) is 0.292. The van der Waals surface area contributed by atoms with E-state index >= 15 is 0 Å². The molecule has 1 aromatic heterocycles. The van der Waals surface area contributed by atoms with Gasteiger partial charge in [0, 0.05) is 13.1 Å². The molecular formula is C24H26N2O5S. The van der Waals surface area contributed by atoms with Crippen molar-refractivity contribution in [2.24, 2.45) is 0 Å². The highest BCUT2D eigenvalue weighted by atomic mass is 32.2. The first-order valence-corrected chi connectivity index (χ1v) is 12.0. The zero-order valence-electron chi connectivity index (χ0n) is 17.9. The second kappa shape index (κ2) is 9.58. The molecule has 0 radical (unpaired) electrons. The van der Waals surface area contributed by atoms with Gasteiger partial charge in [-0.3, -0.25) is 4.79 Å². The number of benzene rings is 2. The summed E-state index contributed by atoms with van der Waals surface area (Å²) < 4.78 is 37.8. The van der Waals surface area contributed by atoms with Gasteiger partial charge in [-0.1, -0.05) is 48.9 Å². The van der Waals surface area contributed by atoms with E-state index in [4.69, 9.17) is 9.15 Å². The van der Waals surface area contributed by atoms with Crippen molar-refractivity contribution in [3.63, 3.8) is 0 Å². The molecule has 1 atom stereocenters. The monoisotopic (exact) mass is 454 g/mol. The van der Waals surface area contributed by atoms with Crippen LogP contribution in [-0.2, 0) is 10.0 Å². The summed E-state index contributed by atoms with van der Waals surface area (Å²) in [5.41, 5.74) is 1.75. The second-order valence-electron chi connectivity index (χ2n) is 7.67. The van der Waals surface area contributed by atoms with Gasteiger partial charge in [-0.25, -0.2) is 8.42 Å². The first-order chi connectivity index (χ1) is 15.5. The molecule has 0 saturated carbocycles. The number of sulfonamides is 1. The number of ether oxygens (including phenoxy) is 1. The van der Waals surface area contributed by atoms with Gasteiger partial charge in [0.15, 0.2) is 5.76 Å². The van der Waals surface area contributed by atoms with Crippen molar-refractivity contribution in [2.45, 2.75) is 30.4 Å². The van der Waals surface area contributed by atoms with Crippen LogP contribution in [0.5, 0.6) is 5.75 Å². The quantitative estimate of drug-likeness (QED) is 0.583. The molecular weight excluding hydrogens is 428 g/mol. The number of nitrogens with one attached hydrogen (secondary N) is 1. The van der Waals surface area contributed by atoms with Crippen LogP contribution in [0.25, 0.3) is 0 Å². The van der Waals surface area contributed by atoms with Crippen LogP contribution in [0.1, 0.15) is 47.0 Å². The molecule has 1 aliphatic rings. The zero-order chi connectivity index (χ0) is 22.6. The van der Waals surface area contributed by atoms with E-state index in [9.17, 15) is 13.2 Å². The fourth-order valence-corrected chi connectivity index (χ4v) is 5.24. The standard InChI is InChI=1S/C24H26N2O5S/c1-30-20-12-10-19(11-13-20)23(18-8-4-2-5-9-18)25-24(27)21-14-15-22(31-21)32(28,29)26-16-6-3-7-17-26/h2,4-5,8-15,23H,3,6-7,16-17H2,1H3,(H,25,27). The Hall–Kier alpha value is -3.10. The van der Waals surface area contributed by atoms with Crippen LogP contribution >= 0.6 is 0 Å². The van der Waals surface area contributed by atoms with E-state index in [1.165, 1.54) is 16.4 Å². The van der Waals surface area contributed by atoms with Crippen LogP contribution in [0.15, 0.2) is 76.2 Å². The van der Waals surface area contributed by atoms with Crippen LogP contribution in [0.3, 0.4) is 0 Å². The first kappa shape index (κ1) is 22.1. The lowest BCUT2D eigenvalue weighted by Gasteiger charge is -2.24. The smallest absolute Gasteiger partial charge is 0.287 e. The molecule has 4 rings (SSSR count). The van der Waals surface area contributed by atoms with Crippen LogP contribution in [0.2, 0.25) is 0 Å². The Morgan fingerprint density at radius 3 is 2.25 bits per heavy atom. The molecule has 2 aromatic carbocycles. The molecule has 2 heterocycles. The molecule has 168 valence electrons. The lowest BCUT2D eigenvalue weighted by Crippen LogP contribution is -2.35. The van der Waals surface area contributed by atoms with Crippen LogP contribution < -0.4 is 10.1 Å². The largest absolute Gasteiger partial charge is 0.497 e. The molecule has 8 heteroatoms. The Labute approximate surface area is 188 Å². The minimum atomic E-state index is -3.74. The summed E-state index contributed by atoms with van der Waals surface area (Å²) in [5, 5.41) is 2.76. The summed E-state index contributed by atoms with van der Waals surface area (Å²) in [7, 11) is -2.15. The average molecular weight is 455 g/mol. The van der Waals surface area contributed by atoms with Crippen LogP contribution in [-0.4, -0.2) is 38.8 Å². The van der Waals surface area contributed by atoms with Crippen molar-refractivity contribution in [1.82, 2.24) is 9.62 Å². The Morgan fingerprint density at radius 1 is 0.938 bits per heavy atom. The lowest BCUT2D eigenvalue weighted by molar-refractivity contribution is 0.0909. The Kier molecular flexibility index (Phi) is 6.62. The predicted octanol–water partition coefficient (Wildman–Crippen LogP) is 3.98. The third kappa shape index (κ3) is 4.71. The average Bonchev–Trinajstić information content (AvgIpc) is 3.35. The molecule has 0 spiro atoms. The van der Waals surface area contributed by atoms with Crippen LogP contribution in [0, 0.1) is 0 Å². The van der Waals surface area contributed by atoms with Crippen molar-refractivity contribution in [3.8, 4) is 5.75 Å². The van der Waals surface area contributed by atoms with Crippen molar-refractivity contribution < 1.29 is 22.4 Å². The van der Waals surface area contributed by atoms with E-state index in [1.54, 1.807) is 7.11 Å². The normalized spacial score (nSPS) is 15.8. The SMILES string of the molecule is COc1ccc(C(NC(=O)c2ccc(S(=O)(=O)N3CCCCC3)o2)c2ccccc2)cc1. The minimum Gasteiger partial charge on any atom is -0.497 e. The second-order valence-corrected chi connectivity index (χ2v) is 9.54. The van der Waals surface area contributed by atoms with E-state index in [2.05, 4.69) is 5.32 Å². The van der Waals surface area contributed by atoms with Crippen molar-refractivity contribution in [2.75, 3.05) is 20.2 Å². The number of carbonyl (C=O) groups is 1. The maximum Gasteiger partial charge on any atom is 0.287 e. The summed E-state index contributed by atoms with van der Waals surface area (Å²) in [6, 6.07) is 19.3. The highest BCUT2D eigenvalue weighted by Gasteiger charge is 2.30. The predicted molar refractivity (Wildman–Crippen MR) is 120 cm³/mol. The van der Waals surface area contributed by atoms with E-state index in [-0.39, 0.29) is 10.9 Å². The third-order valence-corrected chi connectivity index (χ3v) is 7.34. The van der Waals surface area contributed by atoms with Gasteiger partial charge in [0.2, 0.25) is 5.09 Å². The van der Waals surface area contributed by atoms with Gasteiger partial charge in [0.05, 0.1) is 13.2 Å². The Morgan fingerprint density at radius 2 is 1.59 bits per heavy atom. The molecule has 1 amide bonds. The van der Waals surface area contributed by atoms with E-state index < -0.39 is 22.0 Å². The maximum absolute atomic E-state index is 13.0. The van der Waals surface area contributed by atoms with Gasteiger partial charge < -0.3 is 14.5 Å². The van der Waals surface area contributed by atoms with Gasteiger partial charge >= 0.3 is 0 Å². The molecule has 1 N–H and O–H groups in total. The highest BCUT2D eigenvalue weighted by molar-refractivity contribution is 7.89. The number of nitrogens with zero attached hydrogens (tertiary/aromatic N) is 1. The molecule has 0 aliphatic carbocycles. The summed E-state index contributed by atoms with van der Waals surface area (Å²) in [4.78, 5) is 13.0. The maximum atomic E-state index is 13.0. The third-order valence-electron chi connectivity index (χ3n) is 5.57. The summed E-state index contributed by atoms with van der Waals surface area (Å²) in [5.74, 6) is 0.176. The van der Waals surface area contributed by atoms with E-state index in [0.717, 1.165) is 30.4 Å². The molecule has 3 aromatic rings. The topological polar surface area (TPSA) is 88.8 Å². The fourth-order valence-electron chi connectivity index (χ4n) is 3.82. The number of amides is 1. The van der Waals surface area contributed by atoms with Gasteiger partial charge in [0.25, 0.3) is 15.9 Å². The zero-order valence-corrected chi connectivity index (χ0v) is 18.7. The molecule has 1 saturated heterocycles. The Bertz CT molecular complexity index is 1150. The van der Waals surface area contributed by atoms with E-state index in [1.807, 2.05) is 54.6 Å². The number of hydrogen-bond donors (Lipinski definition) is 1. The summed E-state index contributed by atoms with van der Waals surface area (Å²) in [6.45, 7) is 0.941. The molecule has 1 aliphatic heterocycles. The molecule has 1 unspecified atom stereocenters.